The normalized spacial score (nSPS) is 17.7. The summed E-state index contributed by atoms with van der Waals surface area (Å²) < 4.78 is 52.3. The lowest BCUT2D eigenvalue weighted by Crippen LogP contribution is -2.43. The van der Waals surface area contributed by atoms with Crippen molar-refractivity contribution in [2.24, 2.45) is 0 Å². The van der Waals surface area contributed by atoms with E-state index in [0.29, 0.717) is 5.69 Å². The van der Waals surface area contributed by atoms with Gasteiger partial charge in [0, 0.05) is 30.7 Å². The Morgan fingerprint density at radius 2 is 1.52 bits per heavy atom. The number of aromatic nitrogens is 1. The molecule has 4 N–H and O–H groups in total. The summed E-state index contributed by atoms with van der Waals surface area (Å²) in [4.78, 5) is 16.6. The minimum atomic E-state index is -3.98. The van der Waals surface area contributed by atoms with Gasteiger partial charge in [0.2, 0.25) is 19.9 Å². The highest BCUT2D eigenvalue weighted by Gasteiger charge is 2.38. The maximum atomic E-state index is 13.3. The minimum Gasteiger partial charge on any atom is -0.354 e. The van der Waals surface area contributed by atoms with Gasteiger partial charge in [0.1, 0.15) is 5.69 Å². The lowest BCUT2D eigenvalue weighted by Gasteiger charge is -2.38. The molecule has 0 unspecified atom stereocenters. The smallest absolute Gasteiger partial charge is 0.267 e. The highest BCUT2D eigenvalue weighted by molar-refractivity contribution is 7.93. The number of fused-ring (bicyclic) bond motifs is 2. The first kappa shape index (κ1) is 30.3. The van der Waals surface area contributed by atoms with Crippen LogP contribution >= 0.6 is 0 Å². The van der Waals surface area contributed by atoms with Gasteiger partial charge in [0.05, 0.1) is 21.7 Å². The number of amides is 1. The molecule has 42 heavy (non-hydrogen) atoms. The molecule has 0 saturated heterocycles. The maximum Gasteiger partial charge on any atom is 0.267 e. The average Bonchev–Trinajstić information content (AvgIpc) is 3.41. The first-order valence-electron chi connectivity index (χ1n) is 14.7. The first-order chi connectivity index (χ1) is 20.1. The van der Waals surface area contributed by atoms with Gasteiger partial charge >= 0.3 is 0 Å². The van der Waals surface area contributed by atoms with E-state index in [1.54, 1.807) is 24.3 Å². The molecule has 1 amide bonds. The van der Waals surface area contributed by atoms with Gasteiger partial charge in [-0.25, -0.2) is 16.8 Å². The van der Waals surface area contributed by atoms with Crippen LogP contribution in [0, 0.1) is 0 Å². The number of nitrogens with one attached hydrogen (secondary N) is 4. The largest absolute Gasteiger partial charge is 0.354 e. The number of hydrogen-bond acceptors (Lipinski definition) is 6. The third-order valence-electron chi connectivity index (χ3n) is 8.42. The van der Waals surface area contributed by atoms with Gasteiger partial charge < -0.3 is 15.6 Å². The number of hydrogen-bond donors (Lipinski definition) is 4. The van der Waals surface area contributed by atoms with Crippen molar-refractivity contribution in [2.45, 2.75) is 86.1 Å². The summed E-state index contributed by atoms with van der Waals surface area (Å²) in [6.07, 6.45) is 12.1. The van der Waals surface area contributed by atoms with Crippen molar-refractivity contribution in [3.8, 4) is 0 Å². The van der Waals surface area contributed by atoms with E-state index in [0.717, 1.165) is 37.8 Å². The summed E-state index contributed by atoms with van der Waals surface area (Å²) in [5.74, 6) is -0.197. The number of sulfone groups is 1. The van der Waals surface area contributed by atoms with Crippen molar-refractivity contribution in [3.05, 3.63) is 77.1 Å². The monoisotopic (exact) mass is 612 g/mol. The van der Waals surface area contributed by atoms with E-state index < -0.39 is 19.9 Å². The number of H-pyrrole nitrogens is 1. The lowest BCUT2D eigenvalue weighted by molar-refractivity contribution is 0.0946. The zero-order valence-electron chi connectivity index (χ0n) is 24.0. The fourth-order valence-electron chi connectivity index (χ4n) is 6.30. The van der Waals surface area contributed by atoms with Crippen LogP contribution in [-0.4, -0.2) is 40.5 Å². The molecule has 1 fully saturated rings. The number of carbonyl (C=O) groups is 1. The van der Waals surface area contributed by atoms with Crippen LogP contribution in [0.1, 0.15) is 85.1 Å². The second kappa shape index (κ2) is 12.6. The predicted molar refractivity (Wildman–Crippen MR) is 164 cm³/mol. The molecular weight excluding hydrogens is 572 g/mol. The summed E-state index contributed by atoms with van der Waals surface area (Å²) in [6, 6.07) is 14.1. The number of rotatable bonds is 7. The van der Waals surface area contributed by atoms with E-state index in [2.05, 4.69) is 20.3 Å². The summed E-state index contributed by atoms with van der Waals surface area (Å²) >= 11 is 0. The number of para-hydroxylation sites is 1. The molecule has 3 aromatic rings. The van der Waals surface area contributed by atoms with E-state index in [1.807, 2.05) is 6.07 Å². The molecule has 9 nitrogen and oxygen atoms in total. The number of aromatic amines is 1. The second-order valence-corrected chi connectivity index (χ2v) is 15.3. The Morgan fingerprint density at radius 3 is 2.19 bits per heavy atom. The van der Waals surface area contributed by atoms with Gasteiger partial charge in [-0.15, -0.1) is 0 Å². The fourth-order valence-corrected chi connectivity index (χ4v) is 8.35. The SMILES string of the molecule is CS(=O)(=O)Nc1ccccc1S(=O)(=O)c1ccc(CNC(=O)c2cc3c([nH]2)C2(CCCCCCCCC2)CNC3)cc1. The molecule has 5 rings (SSSR count). The summed E-state index contributed by atoms with van der Waals surface area (Å²) in [6.45, 7) is 1.92. The van der Waals surface area contributed by atoms with Gasteiger partial charge in [0.25, 0.3) is 5.91 Å². The van der Waals surface area contributed by atoms with Gasteiger partial charge in [-0.3, -0.25) is 9.52 Å². The second-order valence-electron chi connectivity index (χ2n) is 11.6. The topological polar surface area (TPSA) is 137 Å². The molecule has 0 radical (unpaired) electrons. The fraction of sp³-hybridized carbons (Fsp3) is 0.452. The van der Waals surface area contributed by atoms with Crippen molar-refractivity contribution in [2.75, 3.05) is 17.5 Å². The van der Waals surface area contributed by atoms with Crippen LogP contribution in [0.3, 0.4) is 0 Å². The van der Waals surface area contributed by atoms with Crippen LogP contribution in [0.5, 0.6) is 0 Å². The highest BCUT2D eigenvalue weighted by atomic mass is 32.2. The van der Waals surface area contributed by atoms with Crippen molar-refractivity contribution in [1.29, 1.82) is 0 Å². The summed E-state index contributed by atoms with van der Waals surface area (Å²) in [5, 5.41) is 6.57. The maximum absolute atomic E-state index is 13.3. The highest BCUT2D eigenvalue weighted by Crippen LogP contribution is 2.40. The Hall–Kier alpha value is -3.15. The Bertz CT molecular complexity index is 1620. The number of anilines is 1. The molecule has 0 bridgehead atoms. The summed E-state index contributed by atoms with van der Waals surface area (Å²) in [5.41, 5.74) is 3.71. The standard InChI is InChI=1S/C31H40N4O5S2/c1-41(37,38)35-26-11-7-8-12-28(26)42(39,40)25-15-13-23(14-16-25)20-33-30(36)27-19-24-21-32-22-31(29(24)34-27)17-9-5-3-2-4-6-10-18-31/h7-8,11-16,19,32,34-35H,2-6,9-10,17-18,20-22H2,1H3,(H,33,36). The van der Waals surface area contributed by atoms with E-state index in [9.17, 15) is 21.6 Å². The molecule has 226 valence electrons. The summed E-state index contributed by atoms with van der Waals surface area (Å²) in [7, 11) is -7.65. The van der Waals surface area contributed by atoms with Gasteiger partial charge in [-0.2, -0.15) is 0 Å². The third kappa shape index (κ3) is 6.90. The first-order valence-corrected chi connectivity index (χ1v) is 18.1. The molecule has 11 heteroatoms. The van der Waals surface area contributed by atoms with Gasteiger partial charge in [0.15, 0.2) is 0 Å². The number of carbonyl (C=O) groups excluding carboxylic acids is 1. The quantitative estimate of drug-likeness (QED) is 0.296. The van der Waals surface area contributed by atoms with Crippen LogP contribution in [0.2, 0.25) is 0 Å². The Labute approximate surface area is 248 Å². The molecular formula is C31H40N4O5S2. The Balaban J connectivity index is 1.27. The molecule has 1 aliphatic carbocycles. The molecule has 1 saturated carbocycles. The minimum absolute atomic E-state index is 0.00701. The lowest BCUT2D eigenvalue weighted by atomic mass is 9.72. The zero-order chi connectivity index (χ0) is 29.8. The van der Waals surface area contributed by atoms with Crippen molar-refractivity contribution < 1.29 is 21.6 Å². The Morgan fingerprint density at radius 1 is 0.881 bits per heavy atom. The van der Waals surface area contributed by atoms with E-state index in [-0.39, 0.29) is 33.3 Å². The number of benzene rings is 2. The van der Waals surface area contributed by atoms with E-state index in [4.69, 9.17) is 0 Å². The van der Waals surface area contributed by atoms with Crippen LogP contribution in [0.25, 0.3) is 0 Å². The molecule has 1 aromatic heterocycles. The van der Waals surface area contributed by atoms with Crippen LogP contribution in [0.4, 0.5) is 5.69 Å². The number of sulfonamides is 1. The Kier molecular flexibility index (Phi) is 9.10. The molecule has 2 heterocycles. The molecule has 1 spiro atoms. The zero-order valence-corrected chi connectivity index (χ0v) is 25.7. The molecule has 0 atom stereocenters. The van der Waals surface area contributed by atoms with Crippen molar-refractivity contribution in [1.82, 2.24) is 15.6 Å². The average molecular weight is 613 g/mol. The van der Waals surface area contributed by atoms with Crippen molar-refractivity contribution in [3.63, 3.8) is 0 Å². The molecule has 2 aromatic carbocycles. The predicted octanol–water partition coefficient (Wildman–Crippen LogP) is 5.01. The van der Waals surface area contributed by atoms with Crippen LogP contribution < -0.4 is 15.4 Å². The molecule has 1 aliphatic heterocycles. The van der Waals surface area contributed by atoms with Crippen LogP contribution in [0.15, 0.2) is 64.4 Å². The molecule has 2 aliphatic rings. The van der Waals surface area contributed by atoms with E-state index in [1.165, 1.54) is 80.5 Å². The van der Waals surface area contributed by atoms with E-state index >= 15 is 0 Å². The van der Waals surface area contributed by atoms with Crippen LogP contribution in [-0.2, 0) is 38.4 Å². The third-order valence-corrected chi connectivity index (χ3v) is 10.8. The van der Waals surface area contributed by atoms with Crippen molar-refractivity contribution >= 4 is 31.5 Å². The van der Waals surface area contributed by atoms with Gasteiger partial charge in [-0.1, -0.05) is 69.2 Å². The van der Waals surface area contributed by atoms with Gasteiger partial charge in [-0.05, 0) is 54.3 Å².